The Labute approximate surface area is 80.2 Å². The summed E-state index contributed by atoms with van der Waals surface area (Å²) in [5.41, 5.74) is 1.65. The van der Waals surface area contributed by atoms with Gasteiger partial charge in [0.05, 0.1) is 12.2 Å². The Morgan fingerprint density at radius 2 is 2.29 bits per heavy atom. The monoisotopic (exact) mass is 192 g/mol. The van der Waals surface area contributed by atoms with Crippen molar-refractivity contribution in [3.8, 4) is 0 Å². The number of hydrogen-bond acceptors (Lipinski definition) is 3. The third-order valence-corrected chi connectivity index (χ3v) is 1.77. The van der Waals surface area contributed by atoms with Crippen molar-refractivity contribution < 1.29 is 4.39 Å². The minimum absolute atomic E-state index is 0.486. The lowest BCUT2D eigenvalue weighted by Gasteiger charge is -2.03. The number of rotatable bonds is 3. The second-order valence-electron chi connectivity index (χ2n) is 2.80. The number of halogens is 1. The van der Waals surface area contributed by atoms with Crippen LogP contribution in [-0.4, -0.2) is 15.2 Å². The van der Waals surface area contributed by atoms with Crippen LogP contribution in [0.25, 0.3) is 0 Å². The van der Waals surface area contributed by atoms with Gasteiger partial charge in [-0.25, -0.2) is 4.98 Å². The first-order valence-corrected chi connectivity index (χ1v) is 4.18. The zero-order valence-electron chi connectivity index (χ0n) is 7.37. The van der Waals surface area contributed by atoms with Crippen LogP contribution in [0.15, 0.2) is 30.6 Å². The van der Waals surface area contributed by atoms with Crippen molar-refractivity contribution in [2.24, 2.45) is 0 Å². The molecule has 0 spiro atoms. The summed E-state index contributed by atoms with van der Waals surface area (Å²) in [6.07, 6.45) is 3.09. The number of anilines is 1. The maximum Gasteiger partial charge on any atom is 0.214 e. The van der Waals surface area contributed by atoms with E-state index in [2.05, 4.69) is 20.5 Å². The van der Waals surface area contributed by atoms with E-state index in [4.69, 9.17) is 0 Å². The summed E-state index contributed by atoms with van der Waals surface area (Å²) in [5, 5.41) is 9.64. The van der Waals surface area contributed by atoms with E-state index < -0.39 is 5.95 Å². The molecule has 72 valence electrons. The summed E-state index contributed by atoms with van der Waals surface area (Å²) in [5.74, 6) is -0.486. The third kappa shape index (κ3) is 2.07. The van der Waals surface area contributed by atoms with E-state index in [1.807, 2.05) is 6.07 Å². The summed E-state index contributed by atoms with van der Waals surface area (Å²) >= 11 is 0. The molecule has 2 aromatic heterocycles. The van der Waals surface area contributed by atoms with E-state index >= 15 is 0 Å². The highest BCUT2D eigenvalue weighted by molar-refractivity contribution is 5.41. The molecule has 0 aliphatic rings. The third-order valence-electron chi connectivity index (χ3n) is 1.77. The molecule has 2 rings (SSSR count). The molecule has 4 nitrogen and oxygen atoms in total. The second-order valence-corrected chi connectivity index (χ2v) is 2.80. The first kappa shape index (κ1) is 8.68. The van der Waals surface area contributed by atoms with Crippen molar-refractivity contribution in [3.63, 3.8) is 0 Å². The highest BCUT2D eigenvalue weighted by atomic mass is 19.1. The van der Waals surface area contributed by atoms with E-state index in [1.54, 1.807) is 12.3 Å². The SMILES string of the molecule is Fc1cc(NCc2ccn[nH]2)ccn1. The van der Waals surface area contributed by atoms with Crippen LogP contribution in [0.4, 0.5) is 10.1 Å². The Hall–Kier alpha value is -1.91. The van der Waals surface area contributed by atoms with E-state index in [1.165, 1.54) is 12.3 Å². The Balaban J connectivity index is 1.98. The number of aromatic nitrogens is 3. The molecule has 0 aliphatic heterocycles. The van der Waals surface area contributed by atoms with Crippen LogP contribution in [0.3, 0.4) is 0 Å². The van der Waals surface area contributed by atoms with E-state index in [0.29, 0.717) is 12.2 Å². The lowest BCUT2D eigenvalue weighted by atomic mass is 10.3. The summed E-state index contributed by atoms with van der Waals surface area (Å²) in [6.45, 7) is 0.587. The van der Waals surface area contributed by atoms with Gasteiger partial charge in [0.25, 0.3) is 0 Å². The fraction of sp³-hybridized carbons (Fsp3) is 0.111. The Morgan fingerprint density at radius 3 is 3.00 bits per heavy atom. The van der Waals surface area contributed by atoms with Crippen LogP contribution in [0.5, 0.6) is 0 Å². The van der Waals surface area contributed by atoms with Gasteiger partial charge in [-0.05, 0) is 12.1 Å². The normalized spacial score (nSPS) is 10.1. The van der Waals surface area contributed by atoms with E-state index in [-0.39, 0.29) is 0 Å². The largest absolute Gasteiger partial charge is 0.379 e. The molecule has 0 fully saturated rings. The predicted octanol–water partition coefficient (Wildman–Crippen LogP) is 1.56. The number of hydrogen-bond donors (Lipinski definition) is 2. The van der Waals surface area contributed by atoms with Gasteiger partial charge >= 0.3 is 0 Å². The molecule has 14 heavy (non-hydrogen) atoms. The van der Waals surface area contributed by atoms with Crippen molar-refractivity contribution in [2.75, 3.05) is 5.32 Å². The van der Waals surface area contributed by atoms with Gasteiger partial charge in [0.15, 0.2) is 0 Å². The molecule has 2 heterocycles. The van der Waals surface area contributed by atoms with Gasteiger partial charge in [-0.3, -0.25) is 5.10 Å². The fourth-order valence-corrected chi connectivity index (χ4v) is 1.09. The molecular formula is C9H9FN4. The smallest absolute Gasteiger partial charge is 0.214 e. The van der Waals surface area contributed by atoms with Crippen LogP contribution in [0.2, 0.25) is 0 Å². The Bertz CT molecular complexity index is 399. The van der Waals surface area contributed by atoms with Crippen LogP contribution >= 0.6 is 0 Å². The highest BCUT2D eigenvalue weighted by Crippen LogP contribution is 2.07. The number of aromatic amines is 1. The molecule has 0 saturated heterocycles. The lowest BCUT2D eigenvalue weighted by molar-refractivity contribution is 0.584. The summed E-state index contributed by atoms with van der Waals surface area (Å²) in [4.78, 5) is 3.46. The van der Waals surface area contributed by atoms with Gasteiger partial charge in [-0.1, -0.05) is 0 Å². The average molecular weight is 192 g/mol. The quantitative estimate of drug-likeness (QED) is 0.725. The second kappa shape index (κ2) is 3.87. The molecule has 0 amide bonds. The number of nitrogens with one attached hydrogen (secondary N) is 2. The zero-order valence-corrected chi connectivity index (χ0v) is 7.37. The molecule has 0 aliphatic carbocycles. The van der Waals surface area contributed by atoms with Gasteiger partial charge in [-0.15, -0.1) is 0 Å². The van der Waals surface area contributed by atoms with Crippen molar-refractivity contribution in [3.05, 3.63) is 42.2 Å². The molecule has 0 aromatic carbocycles. The van der Waals surface area contributed by atoms with Gasteiger partial charge < -0.3 is 5.32 Å². The van der Waals surface area contributed by atoms with Crippen molar-refractivity contribution >= 4 is 5.69 Å². The van der Waals surface area contributed by atoms with E-state index in [0.717, 1.165) is 5.69 Å². The van der Waals surface area contributed by atoms with Crippen molar-refractivity contribution in [1.82, 2.24) is 15.2 Å². The van der Waals surface area contributed by atoms with Gasteiger partial charge in [0.1, 0.15) is 0 Å². The highest BCUT2D eigenvalue weighted by Gasteiger charge is 1.96. The molecule has 0 saturated carbocycles. The summed E-state index contributed by atoms with van der Waals surface area (Å²) < 4.78 is 12.7. The van der Waals surface area contributed by atoms with Crippen molar-refractivity contribution in [2.45, 2.75) is 6.54 Å². The molecule has 0 unspecified atom stereocenters. The van der Waals surface area contributed by atoms with Crippen LogP contribution in [-0.2, 0) is 6.54 Å². The molecule has 0 bridgehead atoms. The molecule has 2 N–H and O–H groups in total. The Morgan fingerprint density at radius 1 is 1.36 bits per heavy atom. The average Bonchev–Trinajstić information content (AvgIpc) is 2.67. The maximum absolute atomic E-state index is 12.7. The zero-order chi connectivity index (χ0) is 9.80. The van der Waals surface area contributed by atoms with Gasteiger partial charge in [0, 0.05) is 24.1 Å². The molecular weight excluding hydrogens is 183 g/mol. The molecule has 5 heteroatoms. The minimum Gasteiger partial charge on any atom is -0.379 e. The number of nitrogens with zero attached hydrogens (tertiary/aromatic N) is 2. The molecule has 2 aromatic rings. The van der Waals surface area contributed by atoms with Gasteiger partial charge in [-0.2, -0.15) is 9.49 Å². The van der Waals surface area contributed by atoms with Crippen LogP contribution in [0, 0.1) is 5.95 Å². The molecule has 0 atom stereocenters. The molecule has 0 radical (unpaired) electrons. The van der Waals surface area contributed by atoms with Crippen molar-refractivity contribution in [1.29, 1.82) is 0 Å². The minimum atomic E-state index is -0.486. The first-order chi connectivity index (χ1) is 6.84. The number of pyridine rings is 1. The summed E-state index contributed by atoms with van der Waals surface area (Å²) in [6, 6.07) is 4.90. The van der Waals surface area contributed by atoms with Gasteiger partial charge in [0.2, 0.25) is 5.95 Å². The van der Waals surface area contributed by atoms with Crippen LogP contribution < -0.4 is 5.32 Å². The topological polar surface area (TPSA) is 53.6 Å². The lowest BCUT2D eigenvalue weighted by Crippen LogP contribution is -2.00. The first-order valence-electron chi connectivity index (χ1n) is 4.18. The fourth-order valence-electron chi connectivity index (χ4n) is 1.09. The maximum atomic E-state index is 12.7. The van der Waals surface area contributed by atoms with Crippen LogP contribution in [0.1, 0.15) is 5.69 Å². The van der Waals surface area contributed by atoms with E-state index in [9.17, 15) is 4.39 Å². The predicted molar refractivity (Wildman–Crippen MR) is 50.1 cm³/mol. The standard InChI is InChI=1S/C9H9FN4/c10-9-5-7(1-3-11-9)12-6-8-2-4-13-14-8/h1-5H,6H2,(H,11,12)(H,13,14). The summed E-state index contributed by atoms with van der Waals surface area (Å²) in [7, 11) is 0. The number of H-pyrrole nitrogens is 1. The Kier molecular flexibility index (Phi) is 2.40.